The molecule has 0 radical (unpaired) electrons. The highest BCUT2D eigenvalue weighted by Gasteiger charge is 2.11. The molecule has 0 saturated carbocycles. The van der Waals surface area contributed by atoms with Crippen molar-refractivity contribution >= 4 is 5.91 Å². The summed E-state index contributed by atoms with van der Waals surface area (Å²) in [5.74, 6) is -0.0641. The van der Waals surface area contributed by atoms with Gasteiger partial charge in [-0.05, 0) is 53.4 Å². The van der Waals surface area contributed by atoms with E-state index in [2.05, 4.69) is 35.8 Å². The molecular formula is C32H32F2N2O3. The largest absolute Gasteiger partial charge is 0.489 e. The molecule has 0 unspecified atom stereocenters. The summed E-state index contributed by atoms with van der Waals surface area (Å²) in [6.07, 6.45) is 0. The van der Waals surface area contributed by atoms with E-state index < -0.39 is 11.6 Å². The van der Waals surface area contributed by atoms with Gasteiger partial charge in [0, 0.05) is 43.8 Å². The van der Waals surface area contributed by atoms with E-state index in [0.717, 1.165) is 46.0 Å². The number of hydrogen-bond acceptors (Lipinski definition) is 4. The minimum absolute atomic E-state index is 0.0935. The third-order valence-corrected chi connectivity index (χ3v) is 6.35. The molecule has 4 rings (SSSR count). The van der Waals surface area contributed by atoms with Gasteiger partial charge in [-0.15, -0.1) is 0 Å². The second kappa shape index (κ2) is 13.5. The molecule has 4 aromatic carbocycles. The topological polar surface area (TPSA) is 59.6 Å². The number of hydrogen-bond donors (Lipinski definition) is 2. The van der Waals surface area contributed by atoms with Gasteiger partial charge in [0.1, 0.15) is 36.3 Å². The van der Waals surface area contributed by atoms with E-state index >= 15 is 0 Å². The predicted molar refractivity (Wildman–Crippen MR) is 148 cm³/mol. The Kier molecular flexibility index (Phi) is 9.64. The highest BCUT2D eigenvalue weighted by molar-refractivity contribution is 5.72. The first kappa shape index (κ1) is 27.8. The van der Waals surface area contributed by atoms with E-state index in [1.807, 2.05) is 42.5 Å². The summed E-state index contributed by atoms with van der Waals surface area (Å²) >= 11 is 0. The normalized spacial score (nSPS) is 10.8. The Morgan fingerprint density at radius 3 is 2.38 bits per heavy atom. The SMILES string of the molecule is CC(=O)NCCNCc1ccc(OCc2cccc(-c3ccccc3)c2C)cc1OCc1cc(F)ccc1F. The van der Waals surface area contributed by atoms with E-state index in [4.69, 9.17) is 9.47 Å². The number of amides is 1. The molecule has 0 atom stereocenters. The summed E-state index contributed by atoms with van der Waals surface area (Å²) in [6.45, 7) is 5.28. The van der Waals surface area contributed by atoms with Crippen LogP contribution in [0, 0.1) is 18.6 Å². The third kappa shape index (κ3) is 7.88. The Morgan fingerprint density at radius 2 is 1.59 bits per heavy atom. The standard InChI is InChI=1S/C32H32F2N2O3/c1-22-26(9-6-10-30(22)24-7-4-3-5-8-24)20-38-29-13-11-25(19-35-15-16-36-23(2)37)32(18-29)39-21-27-17-28(33)12-14-31(27)34/h3-14,17-18,35H,15-16,19-21H2,1-2H3,(H,36,37). The quantitative estimate of drug-likeness (QED) is 0.210. The molecular weight excluding hydrogens is 498 g/mol. The molecule has 0 aliphatic heterocycles. The van der Waals surface area contributed by atoms with Crippen molar-refractivity contribution in [1.82, 2.24) is 10.6 Å². The maximum Gasteiger partial charge on any atom is 0.216 e. The molecule has 4 aromatic rings. The Bertz CT molecular complexity index is 1410. The van der Waals surface area contributed by atoms with Crippen molar-refractivity contribution in [2.24, 2.45) is 0 Å². The molecule has 2 N–H and O–H groups in total. The second-order valence-electron chi connectivity index (χ2n) is 9.20. The second-order valence-corrected chi connectivity index (χ2v) is 9.20. The van der Waals surface area contributed by atoms with Gasteiger partial charge in [-0.1, -0.05) is 54.6 Å². The van der Waals surface area contributed by atoms with E-state index in [0.29, 0.717) is 37.7 Å². The van der Waals surface area contributed by atoms with Gasteiger partial charge in [-0.25, -0.2) is 8.78 Å². The van der Waals surface area contributed by atoms with Crippen LogP contribution >= 0.6 is 0 Å². The van der Waals surface area contributed by atoms with Crippen LogP contribution < -0.4 is 20.1 Å². The van der Waals surface area contributed by atoms with Crippen LogP contribution in [0.2, 0.25) is 0 Å². The van der Waals surface area contributed by atoms with Crippen LogP contribution in [0.25, 0.3) is 11.1 Å². The van der Waals surface area contributed by atoms with Crippen molar-refractivity contribution in [3.63, 3.8) is 0 Å². The van der Waals surface area contributed by atoms with Gasteiger partial charge in [0.2, 0.25) is 5.91 Å². The third-order valence-electron chi connectivity index (χ3n) is 6.35. The van der Waals surface area contributed by atoms with E-state index in [-0.39, 0.29) is 18.1 Å². The zero-order valence-electron chi connectivity index (χ0n) is 22.1. The zero-order valence-corrected chi connectivity index (χ0v) is 22.1. The Morgan fingerprint density at radius 1 is 0.795 bits per heavy atom. The maximum absolute atomic E-state index is 14.2. The number of halogens is 2. The van der Waals surface area contributed by atoms with Crippen molar-refractivity contribution in [1.29, 1.82) is 0 Å². The van der Waals surface area contributed by atoms with Crippen LogP contribution in [0.1, 0.15) is 29.2 Å². The number of carbonyl (C=O) groups is 1. The zero-order chi connectivity index (χ0) is 27.6. The number of benzene rings is 4. The lowest BCUT2D eigenvalue weighted by Gasteiger charge is -2.16. The molecule has 0 fully saturated rings. The fraction of sp³-hybridized carbons (Fsp3) is 0.219. The molecule has 0 bridgehead atoms. The fourth-order valence-corrected chi connectivity index (χ4v) is 4.20. The van der Waals surface area contributed by atoms with E-state index in [1.165, 1.54) is 6.92 Å². The first-order chi connectivity index (χ1) is 18.9. The summed E-state index contributed by atoms with van der Waals surface area (Å²) in [7, 11) is 0. The molecule has 202 valence electrons. The highest BCUT2D eigenvalue weighted by Crippen LogP contribution is 2.29. The molecule has 0 aliphatic rings. The van der Waals surface area contributed by atoms with Crippen molar-refractivity contribution in [2.75, 3.05) is 13.1 Å². The average Bonchev–Trinajstić information content (AvgIpc) is 2.93. The van der Waals surface area contributed by atoms with Gasteiger partial charge in [0.15, 0.2) is 0 Å². The van der Waals surface area contributed by atoms with Gasteiger partial charge in [-0.2, -0.15) is 0 Å². The molecule has 0 aliphatic carbocycles. The summed E-state index contributed by atoms with van der Waals surface area (Å²) in [6, 6.07) is 25.2. The highest BCUT2D eigenvalue weighted by atomic mass is 19.1. The fourth-order valence-electron chi connectivity index (χ4n) is 4.20. The van der Waals surface area contributed by atoms with Gasteiger partial charge >= 0.3 is 0 Å². The van der Waals surface area contributed by atoms with Crippen LogP contribution in [0.4, 0.5) is 8.78 Å². The Balaban J connectivity index is 1.49. The summed E-state index contributed by atoms with van der Waals surface area (Å²) in [4.78, 5) is 11.1. The van der Waals surface area contributed by atoms with E-state index in [9.17, 15) is 13.6 Å². The van der Waals surface area contributed by atoms with Crippen molar-refractivity contribution in [3.8, 4) is 22.6 Å². The van der Waals surface area contributed by atoms with Crippen LogP contribution in [-0.4, -0.2) is 19.0 Å². The Hall–Kier alpha value is -4.23. The maximum atomic E-state index is 14.2. The van der Waals surface area contributed by atoms with Crippen molar-refractivity contribution < 1.29 is 23.0 Å². The first-order valence-corrected chi connectivity index (χ1v) is 12.8. The minimum Gasteiger partial charge on any atom is -0.489 e. The van der Waals surface area contributed by atoms with Crippen LogP contribution in [-0.2, 0) is 24.6 Å². The summed E-state index contributed by atoms with van der Waals surface area (Å²) < 4.78 is 39.9. The first-order valence-electron chi connectivity index (χ1n) is 12.8. The molecule has 0 aromatic heterocycles. The lowest BCUT2D eigenvalue weighted by molar-refractivity contribution is -0.118. The number of carbonyl (C=O) groups excluding carboxylic acids is 1. The van der Waals surface area contributed by atoms with Crippen LogP contribution in [0.3, 0.4) is 0 Å². The van der Waals surface area contributed by atoms with Gasteiger partial charge in [-0.3, -0.25) is 4.79 Å². The van der Waals surface area contributed by atoms with E-state index in [1.54, 1.807) is 6.07 Å². The minimum atomic E-state index is -0.535. The predicted octanol–water partition coefficient (Wildman–Crippen LogP) is 6.32. The molecule has 0 spiro atoms. The molecule has 7 heteroatoms. The summed E-state index contributed by atoms with van der Waals surface area (Å²) in [5, 5.41) is 5.99. The van der Waals surface area contributed by atoms with Crippen molar-refractivity contribution in [3.05, 3.63) is 119 Å². The number of nitrogens with one attached hydrogen (secondary N) is 2. The lowest BCUT2D eigenvalue weighted by Crippen LogP contribution is -2.30. The molecule has 0 saturated heterocycles. The Labute approximate surface area is 227 Å². The van der Waals surface area contributed by atoms with Crippen LogP contribution in [0.15, 0.2) is 84.9 Å². The van der Waals surface area contributed by atoms with Gasteiger partial charge < -0.3 is 20.1 Å². The summed E-state index contributed by atoms with van der Waals surface area (Å²) in [5.41, 5.74) is 5.44. The molecule has 1 amide bonds. The van der Waals surface area contributed by atoms with Gasteiger partial charge in [0.05, 0.1) is 0 Å². The molecule has 39 heavy (non-hydrogen) atoms. The average molecular weight is 531 g/mol. The van der Waals surface area contributed by atoms with Gasteiger partial charge in [0.25, 0.3) is 0 Å². The van der Waals surface area contributed by atoms with Crippen molar-refractivity contribution in [2.45, 2.75) is 33.6 Å². The molecule has 5 nitrogen and oxygen atoms in total. The number of ether oxygens (including phenoxy) is 2. The molecule has 0 heterocycles. The lowest BCUT2D eigenvalue weighted by atomic mass is 9.97. The number of rotatable bonds is 12. The monoisotopic (exact) mass is 530 g/mol. The van der Waals surface area contributed by atoms with Crippen LogP contribution in [0.5, 0.6) is 11.5 Å². The smallest absolute Gasteiger partial charge is 0.216 e.